The van der Waals surface area contributed by atoms with Crippen molar-refractivity contribution >= 4 is 28.5 Å². The van der Waals surface area contributed by atoms with Gasteiger partial charge in [-0.3, -0.25) is 9.59 Å². The highest BCUT2D eigenvalue weighted by Gasteiger charge is 2.32. The molecule has 3 heterocycles. The van der Waals surface area contributed by atoms with Crippen molar-refractivity contribution in [2.75, 3.05) is 32.1 Å². The number of hydrogen-bond acceptors (Lipinski definition) is 5. The second kappa shape index (κ2) is 9.15. The molecule has 8 nitrogen and oxygen atoms in total. The molecular weight excluding hydrogens is 422 g/mol. The lowest BCUT2D eigenvalue weighted by Crippen LogP contribution is -2.34. The van der Waals surface area contributed by atoms with E-state index in [-0.39, 0.29) is 30.6 Å². The van der Waals surface area contributed by atoms with Crippen LogP contribution in [0.25, 0.3) is 10.9 Å². The van der Waals surface area contributed by atoms with Crippen molar-refractivity contribution in [2.45, 2.75) is 31.5 Å². The minimum Gasteiger partial charge on any atom is -0.493 e. The van der Waals surface area contributed by atoms with Crippen molar-refractivity contribution in [2.24, 2.45) is 0 Å². The summed E-state index contributed by atoms with van der Waals surface area (Å²) in [6, 6.07) is 15.4. The fourth-order valence-corrected chi connectivity index (χ4v) is 4.47. The predicted molar refractivity (Wildman–Crippen MR) is 123 cm³/mol. The Morgan fingerprint density at radius 1 is 1.21 bits per heavy atom. The molecule has 8 heteroatoms. The summed E-state index contributed by atoms with van der Waals surface area (Å²) in [6.07, 6.45) is 1.89. The van der Waals surface area contributed by atoms with Crippen molar-refractivity contribution in [3.8, 4) is 11.5 Å². The molecule has 0 bridgehead atoms. The van der Waals surface area contributed by atoms with Gasteiger partial charge in [0.15, 0.2) is 17.8 Å². The third kappa shape index (κ3) is 4.66. The number of benzene rings is 2. The smallest absolute Gasteiger partial charge is 0.245 e. The zero-order chi connectivity index (χ0) is 22.8. The normalized spacial score (nSPS) is 20.4. The second-order valence-corrected chi connectivity index (χ2v) is 8.46. The first-order valence-corrected chi connectivity index (χ1v) is 11.2. The highest BCUT2D eigenvalue weighted by atomic mass is 16.7. The summed E-state index contributed by atoms with van der Waals surface area (Å²) in [4.78, 5) is 30.0. The first kappa shape index (κ1) is 21.3. The van der Waals surface area contributed by atoms with E-state index in [1.807, 2.05) is 48.5 Å². The monoisotopic (exact) mass is 449 g/mol. The number of likely N-dealkylation sites (tertiary alicyclic amines) is 1. The average molecular weight is 450 g/mol. The molecule has 2 aromatic carbocycles. The van der Waals surface area contributed by atoms with Gasteiger partial charge >= 0.3 is 0 Å². The van der Waals surface area contributed by atoms with Crippen LogP contribution in [0.5, 0.6) is 11.5 Å². The van der Waals surface area contributed by atoms with E-state index in [2.05, 4.69) is 10.3 Å². The number of H-pyrrole nitrogens is 1. The number of carbonyl (C=O) groups excluding carboxylic acids is 2. The SMILES string of the molecule is COc1ccc(C2CC(=O)N(CC(=O)Nc3cc4ccccc4[nH]3)C2)cc1OC1CCCO1. The van der Waals surface area contributed by atoms with Gasteiger partial charge in [0.1, 0.15) is 5.82 Å². The van der Waals surface area contributed by atoms with Crippen LogP contribution in [0.2, 0.25) is 0 Å². The van der Waals surface area contributed by atoms with Crippen molar-refractivity contribution in [3.63, 3.8) is 0 Å². The Bertz CT molecular complexity index is 1130. The number of para-hydroxylation sites is 1. The molecule has 2 amide bonds. The molecule has 2 aliphatic heterocycles. The lowest BCUT2D eigenvalue weighted by Gasteiger charge is -2.19. The number of methoxy groups -OCH3 is 1. The van der Waals surface area contributed by atoms with Crippen LogP contribution < -0.4 is 14.8 Å². The lowest BCUT2D eigenvalue weighted by molar-refractivity contribution is -0.131. The molecule has 5 rings (SSSR count). The van der Waals surface area contributed by atoms with E-state index in [1.54, 1.807) is 12.0 Å². The molecule has 1 aromatic heterocycles. The summed E-state index contributed by atoms with van der Waals surface area (Å²) in [5.41, 5.74) is 1.93. The molecule has 0 saturated carbocycles. The van der Waals surface area contributed by atoms with E-state index in [0.29, 0.717) is 36.9 Å². The minimum absolute atomic E-state index is 0.0140. The van der Waals surface area contributed by atoms with Gasteiger partial charge in [-0.15, -0.1) is 0 Å². The van der Waals surface area contributed by atoms with Crippen molar-refractivity contribution in [3.05, 3.63) is 54.1 Å². The maximum absolute atomic E-state index is 12.6. The molecule has 2 saturated heterocycles. The summed E-state index contributed by atoms with van der Waals surface area (Å²) in [6.45, 7) is 1.18. The molecule has 0 spiro atoms. The molecule has 2 N–H and O–H groups in total. The Balaban J connectivity index is 1.23. The standard InChI is InChI=1S/C25H27N3O5/c1-31-20-9-8-16(11-21(20)33-25-7-4-10-32-25)18-13-24(30)28(14-18)15-23(29)27-22-12-17-5-2-3-6-19(17)26-22/h2-3,5-6,8-9,11-12,18,25-26H,4,7,10,13-15H2,1H3,(H,27,29). The van der Waals surface area contributed by atoms with Gasteiger partial charge in [-0.05, 0) is 36.2 Å². The van der Waals surface area contributed by atoms with Crippen LogP contribution >= 0.6 is 0 Å². The molecule has 2 fully saturated rings. The fourth-order valence-electron chi connectivity index (χ4n) is 4.47. The van der Waals surface area contributed by atoms with Crippen LogP contribution in [-0.4, -0.2) is 54.8 Å². The quantitative estimate of drug-likeness (QED) is 0.574. The predicted octanol–water partition coefficient (Wildman–Crippen LogP) is 3.65. The lowest BCUT2D eigenvalue weighted by atomic mass is 9.98. The van der Waals surface area contributed by atoms with E-state index in [4.69, 9.17) is 14.2 Å². The molecule has 2 atom stereocenters. The minimum atomic E-state index is -0.274. The molecular formula is C25H27N3O5. The van der Waals surface area contributed by atoms with Crippen molar-refractivity contribution in [1.29, 1.82) is 0 Å². The maximum Gasteiger partial charge on any atom is 0.245 e. The number of anilines is 1. The summed E-state index contributed by atoms with van der Waals surface area (Å²) >= 11 is 0. The highest BCUT2D eigenvalue weighted by Crippen LogP contribution is 2.36. The molecule has 0 radical (unpaired) electrons. The van der Waals surface area contributed by atoms with Crippen molar-refractivity contribution < 1.29 is 23.8 Å². The number of carbonyl (C=O) groups is 2. The number of nitrogens with one attached hydrogen (secondary N) is 2. The molecule has 0 aliphatic carbocycles. The highest BCUT2D eigenvalue weighted by molar-refractivity contribution is 5.97. The summed E-state index contributed by atoms with van der Waals surface area (Å²) < 4.78 is 17.0. The van der Waals surface area contributed by atoms with Gasteiger partial charge in [-0.25, -0.2) is 0 Å². The third-order valence-corrected chi connectivity index (χ3v) is 6.16. The Morgan fingerprint density at radius 3 is 2.88 bits per heavy atom. The van der Waals surface area contributed by atoms with Gasteiger partial charge in [0, 0.05) is 36.2 Å². The van der Waals surface area contributed by atoms with Gasteiger partial charge in [0.2, 0.25) is 11.8 Å². The van der Waals surface area contributed by atoms with E-state index in [9.17, 15) is 9.59 Å². The Labute approximate surface area is 191 Å². The second-order valence-electron chi connectivity index (χ2n) is 8.46. The number of aromatic nitrogens is 1. The van der Waals surface area contributed by atoms with Crippen LogP contribution in [0.15, 0.2) is 48.5 Å². The topological polar surface area (TPSA) is 92.9 Å². The number of amides is 2. The van der Waals surface area contributed by atoms with Crippen LogP contribution in [0.1, 0.15) is 30.7 Å². The molecule has 172 valence electrons. The number of ether oxygens (including phenoxy) is 3. The van der Waals surface area contributed by atoms with Crippen LogP contribution in [-0.2, 0) is 14.3 Å². The Hall–Kier alpha value is -3.52. The van der Waals surface area contributed by atoms with E-state index >= 15 is 0 Å². The summed E-state index contributed by atoms with van der Waals surface area (Å²) in [5.74, 6) is 1.58. The Kier molecular flexibility index (Phi) is 5.92. The number of aromatic amines is 1. The van der Waals surface area contributed by atoms with Gasteiger partial charge in [0.25, 0.3) is 0 Å². The van der Waals surface area contributed by atoms with E-state index in [1.165, 1.54) is 0 Å². The average Bonchev–Trinajstić information content (AvgIpc) is 3.54. The summed E-state index contributed by atoms with van der Waals surface area (Å²) in [5, 5.41) is 3.88. The van der Waals surface area contributed by atoms with Crippen molar-refractivity contribution in [1.82, 2.24) is 9.88 Å². The van der Waals surface area contributed by atoms with E-state index < -0.39 is 0 Å². The zero-order valence-corrected chi connectivity index (χ0v) is 18.5. The number of fused-ring (bicyclic) bond motifs is 1. The summed E-state index contributed by atoms with van der Waals surface area (Å²) in [7, 11) is 1.60. The molecule has 3 aromatic rings. The fraction of sp³-hybridized carbons (Fsp3) is 0.360. The molecule has 33 heavy (non-hydrogen) atoms. The number of rotatable bonds is 7. The van der Waals surface area contributed by atoms with Gasteiger partial charge in [-0.2, -0.15) is 0 Å². The van der Waals surface area contributed by atoms with Crippen LogP contribution in [0, 0.1) is 0 Å². The largest absolute Gasteiger partial charge is 0.493 e. The zero-order valence-electron chi connectivity index (χ0n) is 18.5. The van der Waals surface area contributed by atoms with Gasteiger partial charge in [0.05, 0.1) is 20.3 Å². The van der Waals surface area contributed by atoms with Crippen LogP contribution in [0.4, 0.5) is 5.82 Å². The number of nitrogens with zero attached hydrogens (tertiary/aromatic N) is 1. The van der Waals surface area contributed by atoms with Crippen LogP contribution in [0.3, 0.4) is 0 Å². The third-order valence-electron chi connectivity index (χ3n) is 6.16. The van der Waals surface area contributed by atoms with E-state index in [0.717, 1.165) is 29.3 Å². The molecule has 2 aliphatic rings. The molecule has 2 unspecified atom stereocenters. The van der Waals surface area contributed by atoms with Gasteiger partial charge in [-0.1, -0.05) is 24.3 Å². The first-order valence-electron chi connectivity index (χ1n) is 11.2. The maximum atomic E-state index is 12.6. The number of hydrogen-bond donors (Lipinski definition) is 2. The van der Waals surface area contributed by atoms with Gasteiger partial charge < -0.3 is 29.4 Å². The first-order chi connectivity index (χ1) is 16.1. The Morgan fingerprint density at radius 2 is 2.09 bits per heavy atom.